The van der Waals surface area contributed by atoms with Crippen LogP contribution in [0.4, 0.5) is 0 Å². The van der Waals surface area contributed by atoms with E-state index < -0.39 is 0 Å². The van der Waals surface area contributed by atoms with Crippen LogP contribution in [-0.2, 0) is 0 Å². The molecular formula is C62H38N4S. The van der Waals surface area contributed by atoms with Gasteiger partial charge in [-0.25, -0.2) is 9.97 Å². The second-order valence-electron chi connectivity index (χ2n) is 17.3. The number of benzene rings is 10. The molecule has 0 saturated carbocycles. The van der Waals surface area contributed by atoms with Crippen LogP contribution in [-0.4, -0.2) is 19.1 Å². The Morgan fingerprint density at radius 2 is 0.925 bits per heavy atom. The number of rotatable bonds is 6. The Labute approximate surface area is 389 Å². The van der Waals surface area contributed by atoms with Crippen molar-refractivity contribution in [3.63, 3.8) is 0 Å². The van der Waals surface area contributed by atoms with Gasteiger partial charge in [0, 0.05) is 43.2 Å². The van der Waals surface area contributed by atoms with Gasteiger partial charge in [-0.05, 0) is 86.3 Å². The van der Waals surface area contributed by atoms with Crippen LogP contribution >= 0.6 is 11.3 Å². The van der Waals surface area contributed by atoms with E-state index in [1.807, 2.05) is 0 Å². The summed E-state index contributed by atoms with van der Waals surface area (Å²) in [4.78, 5) is 12.5. The summed E-state index contributed by atoms with van der Waals surface area (Å²) in [5.41, 5.74) is 14.3. The fourth-order valence-electron chi connectivity index (χ4n) is 10.6. The number of hydrogen-bond acceptors (Lipinski definition) is 3. The maximum absolute atomic E-state index is 5.68. The van der Waals surface area contributed by atoms with Crippen LogP contribution in [0.3, 0.4) is 0 Å². The van der Waals surface area contributed by atoms with Crippen LogP contribution in [0.2, 0.25) is 0 Å². The molecule has 0 saturated heterocycles. The Morgan fingerprint density at radius 3 is 1.63 bits per heavy atom. The van der Waals surface area contributed by atoms with Crippen LogP contribution in [0.25, 0.3) is 131 Å². The van der Waals surface area contributed by atoms with Gasteiger partial charge >= 0.3 is 0 Å². The molecule has 0 unspecified atom stereocenters. The highest BCUT2D eigenvalue weighted by Crippen LogP contribution is 2.48. The van der Waals surface area contributed by atoms with Gasteiger partial charge in [0.05, 0.1) is 38.0 Å². The molecule has 0 aliphatic rings. The van der Waals surface area contributed by atoms with Crippen LogP contribution < -0.4 is 0 Å². The third-order valence-corrected chi connectivity index (χ3v) is 14.8. The highest BCUT2D eigenvalue weighted by molar-refractivity contribution is 7.23. The van der Waals surface area contributed by atoms with Gasteiger partial charge in [0.2, 0.25) is 5.95 Å². The largest absolute Gasteiger partial charge is 0.309 e. The zero-order valence-electron chi connectivity index (χ0n) is 36.1. The average Bonchev–Trinajstić information content (AvgIpc) is 4.07. The summed E-state index contributed by atoms with van der Waals surface area (Å²) in [5, 5.41) is 9.70. The highest BCUT2D eigenvalue weighted by Gasteiger charge is 2.25. The van der Waals surface area contributed by atoms with Crippen molar-refractivity contribution >= 4 is 86.7 Å². The molecule has 4 nitrogen and oxygen atoms in total. The van der Waals surface area contributed by atoms with Gasteiger partial charge in [0.15, 0.2) is 0 Å². The van der Waals surface area contributed by atoms with Crippen molar-refractivity contribution < 1.29 is 0 Å². The lowest BCUT2D eigenvalue weighted by molar-refractivity contribution is 1.02. The van der Waals surface area contributed by atoms with E-state index in [0.717, 1.165) is 65.8 Å². The Bertz CT molecular complexity index is 4240. The van der Waals surface area contributed by atoms with Crippen molar-refractivity contribution in [1.82, 2.24) is 19.1 Å². The minimum atomic E-state index is 0.642. The molecule has 0 amide bonds. The van der Waals surface area contributed by atoms with Gasteiger partial charge < -0.3 is 4.57 Å². The fraction of sp³-hybridized carbons (Fsp3) is 0. The van der Waals surface area contributed by atoms with E-state index in [9.17, 15) is 0 Å². The molecule has 0 N–H and O–H groups in total. The van der Waals surface area contributed by atoms with Gasteiger partial charge in [0.1, 0.15) is 0 Å². The first-order chi connectivity index (χ1) is 33.3. The average molecular weight is 871 g/mol. The van der Waals surface area contributed by atoms with Crippen molar-refractivity contribution in [2.24, 2.45) is 0 Å². The molecule has 0 aliphatic carbocycles. The molecule has 0 fully saturated rings. The zero-order chi connectivity index (χ0) is 44.0. The first kappa shape index (κ1) is 37.7. The molecule has 0 radical (unpaired) electrons. The van der Waals surface area contributed by atoms with Crippen molar-refractivity contribution in [2.75, 3.05) is 0 Å². The molecule has 312 valence electrons. The van der Waals surface area contributed by atoms with Gasteiger partial charge in [-0.1, -0.05) is 188 Å². The molecule has 67 heavy (non-hydrogen) atoms. The lowest BCUT2D eigenvalue weighted by Gasteiger charge is -2.11. The van der Waals surface area contributed by atoms with Gasteiger partial charge in [-0.15, -0.1) is 11.3 Å². The quantitative estimate of drug-likeness (QED) is 0.167. The number of hydrogen-bond donors (Lipinski definition) is 0. The first-order valence-electron chi connectivity index (χ1n) is 22.7. The SMILES string of the molecule is c1ccc(-c2sc3c(-c4ccccc4)nc(-n4c5ccc(-c6cccc7c6c6c8ccccc8ccc6n7-c6ccccc6)cc5c5c6ccccc6ccc54)nc3c2-c2ccccc2)cc1. The highest BCUT2D eigenvalue weighted by atomic mass is 32.1. The maximum atomic E-state index is 5.68. The minimum Gasteiger partial charge on any atom is -0.309 e. The Balaban J connectivity index is 1.09. The van der Waals surface area contributed by atoms with E-state index in [4.69, 9.17) is 9.97 Å². The molecule has 10 aromatic carbocycles. The molecule has 5 heteroatoms. The molecule has 0 spiro atoms. The predicted octanol–water partition coefficient (Wildman–Crippen LogP) is 16.9. The smallest absolute Gasteiger partial charge is 0.235 e. The van der Waals surface area contributed by atoms with Crippen LogP contribution in [0.1, 0.15) is 0 Å². The first-order valence-corrected chi connectivity index (χ1v) is 23.6. The lowest BCUT2D eigenvalue weighted by Crippen LogP contribution is -2.03. The van der Waals surface area contributed by atoms with Crippen molar-refractivity contribution in [3.05, 3.63) is 231 Å². The van der Waals surface area contributed by atoms with E-state index in [0.29, 0.717) is 5.95 Å². The van der Waals surface area contributed by atoms with Gasteiger partial charge in [0.25, 0.3) is 0 Å². The molecule has 0 atom stereocenters. The Hall–Kier alpha value is -8.64. The number of para-hydroxylation sites is 1. The topological polar surface area (TPSA) is 35.6 Å². The summed E-state index contributed by atoms with van der Waals surface area (Å²) in [6, 6.07) is 83.1. The maximum Gasteiger partial charge on any atom is 0.235 e. The zero-order valence-corrected chi connectivity index (χ0v) is 37.0. The van der Waals surface area contributed by atoms with Crippen molar-refractivity contribution in [3.8, 4) is 55.6 Å². The molecule has 4 heterocycles. The van der Waals surface area contributed by atoms with E-state index in [1.165, 1.54) is 59.2 Å². The van der Waals surface area contributed by atoms with E-state index >= 15 is 0 Å². The normalized spacial score (nSPS) is 11.9. The summed E-state index contributed by atoms with van der Waals surface area (Å²) in [7, 11) is 0. The summed E-state index contributed by atoms with van der Waals surface area (Å²) in [6.45, 7) is 0. The Morgan fingerprint density at radius 1 is 0.358 bits per heavy atom. The number of thiophene rings is 1. The van der Waals surface area contributed by atoms with Gasteiger partial charge in [-0.2, -0.15) is 0 Å². The fourth-order valence-corrected chi connectivity index (χ4v) is 11.9. The number of aromatic nitrogens is 4. The summed E-state index contributed by atoms with van der Waals surface area (Å²) >= 11 is 1.77. The van der Waals surface area contributed by atoms with Crippen LogP contribution in [0, 0.1) is 0 Å². The third kappa shape index (κ3) is 5.78. The van der Waals surface area contributed by atoms with E-state index in [2.05, 4.69) is 240 Å². The molecule has 0 aliphatic heterocycles. The van der Waals surface area contributed by atoms with E-state index in [1.54, 1.807) is 11.3 Å². The predicted molar refractivity (Wildman–Crippen MR) is 283 cm³/mol. The summed E-state index contributed by atoms with van der Waals surface area (Å²) in [6.07, 6.45) is 0. The third-order valence-electron chi connectivity index (χ3n) is 13.5. The van der Waals surface area contributed by atoms with Crippen molar-refractivity contribution in [2.45, 2.75) is 0 Å². The summed E-state index contributed by atoms with van der Waals surface area (Å²) in [5.74, 6) is 0.642. The standard InChI is InChI=1S/C62H38N4S/c1-5-20-41(21-6-1)54-59-61(67-60(54)43-24-9-3-10-25-43)58(42-22-7-2-8-23-42)63-62(64-59)66-50-35-34-44(38-49(50)55-46-28-15-13-18-39(46)32-36-52(55)66)48-30-17-31-51-57(48)56-47-29-16-14-19-40(47)33-37-53(56)65(51)45-26-11-4-12-27-45/h1-38H. The van der Waals surface area contributed by atoms with Gasteiger partial charge in [-0.3, -0.25) is 4.57 Å². The van der Waals surface area contributed by atoms with E-state index in [-0.39, 0.29) is 0 Å². The molecule has 14 rings (SSSR count). The number of nitrogens with zero attached hydrogens (tertiary/aromatic N) is 4. The van der Waals surface area contributed by atoms with Crippen molar-refractivity contribution in [1.29, 1.82) is 0 Å². The Kier molecular flexibility index (Phi) is 8.42. The monoisotopic (exact) mass is 870 g/mol. The van der Waals surface area contributed by atoms with Crippen LogP contribution in [0.15, 0.2) is 231 Å². The van der Waals surface area contributed by atoms with Crippen LogP contribution in [0.5, 0.6) is 0 Å². The minimum absolute atomic E-state index is 0.642. The lowest BCUT2D eigenvalue weighted by atomic mass is 9.95. The molecule has 0 bridgehead atoms. The summed E-state index contributed by atoms with van der Waals surface area (Å²) < 4.78 is 5.79. The molecule has 4 aromatic heterocycles. The second kappa shape index (κ2) is 15.0. The molecule has 14 aromatic rings. The number of fused-ring (bicyclic) bond motifs is 11. The second-order valence-corrected chi connectivity index (χ2v) is 18.3. The molecular weight excluding hydrogens is 833 g/mol.